The van der Waals surface area contributed by atoms with Crippen LogP contribution in [0.25, 0.3) is 0 Å². The summed E-state index contributed by atoms with van der Waals surface area (Å²) in [5.41, 5.74) is 3.82. The maximum atomic E-state index is 6.15. The van der Waals surface area contributed by atoms with Crippen molar-refractivity contribution < 1.29 is 4.74 Å². The molecule has 5 nitrogen and oxygen atoms in total. The molecule has 0 saturated carbocycles. The Bertz CT molecular complexity index is 756. The molecule has 2 heterocycles. The average molecular weight is 496 g/mol. The van der Waals surface area contributed by atoms with Gasteiger partial charge in [0.15, 0.2) is 5.96 Å². The Morgan fingerprint density at radius 2 is 2.04 bits per heavy atom. The summed E-state index contributed by atoms with van der Waals surface area (Å²) >= 11 is 0. The fraction of sp³-hybridized carbons (Fsp3) is 0.500. The van der Waals surface area contributed by atoms with E-state index in [0.717, 1.165) is 32.1 Å². The number of halogens is 1. The van der Waals surface area contributed by atoms with Crippen LogP contribution in [0.3, 0.4) is 0 Å². The van der Waals surface area contributed by atoms with Gasteiger partial charge in [0.2, 0.25) is 0 Å². The lowest BCUT2D eigenvalue weighted by molar-refractivity contribution is -0.0266. The van der Waals surface area contributed by atoms with Crippen molar-refractivity contribution in [1.29, 1.82) is 0 Å². The molecule has 1 N–H and O–H groups in total. The summed E-state index contributed by atoms with van der Waals surface area (Å²) in [6, 6.07) is 13.0. The molecule has 6 heteroatoms. The van der Waals surface area contributed by atoms with E-state index in [2.05, 4.69) is 83.4 Å². The first-order chi connectivity index (χ1) is 13.1. The first-order valence-electron chi connectivity index (χ1n) is 9.78. The van der Waals surface area contributed by atoms with Crippen molar-refractivity contribution in [3.05, 3.63) is 59.4 Å². The molecular weight excluding hydrogens is 463 g/mol. The van der Waals surface area contributed by atoms with Crippen LogP contribution in [0.15, 0.2) is 47.6 Å². The van der Waals surface area contributed by atoms with Gasteiger partial charge in [-0.05, 0) is 37.5 Å². The molecule has 1 aromatic carbocycles. The second kappa shape index (κ2) is 10.9. The third-order valence-electron chi connectivity index (χ3n) is 5.40. The quantitative estimate of drug-likeness (QED) is 0.385. The van der Waals surface area contributed by atoms with E-state index < -0.39 is 0 Å². The van der Waals surface area contributed by atoms with Gasteiger partial charge in [-0.15, -0.1) is 24.0 Å². The number of nitrogens with zero attached hydrogens (tertiary/aromatic N) is 3. The van der Waals surface area contributed by atoms with Crippen LogP contribution in [0, 0.1) is 12.8 Å². The van der Waals surface area contributed by atoms with Crippen LogP contribution in [0.1, 0.15) is 35.8 Å². The summed E-state index contributed by atoms with van der Waals surface area (Å²) < 4.78 is 8.29. The Kier molecular flexibility index (Phi) is 8.82. The lowest BCUT2D eigenvalue weighted by Gasteiger charge is -2.33. The number of guanidine groups is 1. The van der Waals surface area contributed by atoms with Crippen molar-refractivity contribution in [3.8, 4) is 0 Å². The van der Waals surface area contributed by atoms with Crippen LogP contribution in [0.4, 0.5) is 0 Å². The molecule has 2 unspecified atom stereocenters. The minimum atomic E-state index is 0. The van der Waals surface area contributed by atoms with Gasteiger partial charge >= 0.3 is 0 Å². The predicted octanol–water partition coefficient (Wildman–Crippen LogP) is 4.13. The number of nitrogens with one attached hydrogen (secondary N) is 1. The largest absolute Gasteiger partial charge is 0.373 e. The molecule has 1 fully saturated rings. The van der Waals surface area contributed by atoms with E-state index >= 15 is 0 Å². The maximum absolute atomic E-state index is 6.15. The fourth-order valence-electron chi connectivity index (χ4n) is 3.76. The third-order valence-corrected chi connectivity index (χ3v) is 5.40. The van der Waals surface area contributed by atoms with Gasteiger partial charge in [0.1, 0.15) is 0 Å². The first kappa shape index (κ1) is 22.7. The molecule has 0 spiro atoms. The molecule has 154 valence electrons. The number of aryl methyl sites for hydroxylation is 2. The van der Waals surface area contributed by atoms with E-state index in [1.807, 2.05) is 7.05 Å². The smallest absolute Gasteiger partial charge is 0.193 e. The van der Waals surface area contributed by atoms with Crippen LogP contribution >= 0.6 is 24.0 Å². The number of hydrogen-bond acceptors (Lipinski definition) is 2. The Hall–Kier alpha value is -1.54. The SMILES string of the molecule is CN=C(NCC1CCCOC1c1ccc(C)cc1)N(C)Cc1cccn1C.I. The van der Waals surface area contributed by atoms with Gasteiger partial charge in [-0.25, -0.2) is 0 Å². The Labute approximate surface area is 186 Å². The topological polar surface area (TPSA) is 41.8 Å². The van der Waals surface area contributed by atoms with Crippen LogP contribution in [-0.4, -0.2) is 42.7 Å². The number of aromatic nitrogens is 1. The van der Waals surface area contributed by atoms with Crippen LogP contribution in [0.5, 0.6) is 0 Å². The molecule has 1 aliphatic rings. The van der Waals surface area contributed by atoms with Crippen molar-refractivity contribution in [2.24, 2.45) is 18.0 Å². The van der Waals surface area contributed by atoms with Crippen LogP contribution in [0.2, 0.25) is 0 Å². The monoisotopic (exact) mass is 496 g/mol. The van der Waals surface area contributed by atoms with Crippen molar-refractivity contribution in [2.45, 2.75) is 32.4 Å². The van der Waals surface area contributed by atoms with E-state index in [-0.39, 0.29) is 30.1 Å². The second-order valence-electron chi connectivity index (χ2n) is 7.50. The van der Waals surface area contributed by atoms with Crippen molar-refractivity contribution in [1.82, 2.24) is 14.8 Å². The number of rotatable bonds is 5. The highest BCUT2D eigenvalue weighted by Gasteiger charge is 2.27. The van der Waals surface area contributed by atoms with E-state index in [9.17, 15) is 0 Å². The molecule has 0 amide bonds. The Morgan fingerprint density at radius 3 is 2.68 bits per heavy atom. The maximum Gasteiger partial charge on any atom is 0.193 e. The number of benzene rings is 1. The average Bonchev–Trinajstić information content (AvgIpc) is 3.08. The zero-order valence-electron chi connectivity index (χ0n) is 17.4. The van der Waals surface area contributed by atoms with Gasteiger partial charge in [0.05, 0.1) is 12.6 Å². The number of ether oxygens (including phenoxy) is 1. The highest BCUT2D eigenvalue weighted by molar-refractivity contribution is 14.0. The summed E-state index contributed by atoms with van der Waals surface area (Å²) in [5, 5.41) is 3.57. The molecule has 0 aliphatic carbocycles. The lowest BCUT2D eigenvalue weighted by Crippen LogP contribution is -2.42. The van der Waals surface area contributed by atoms with Crippen LogP contribution in [-0.2, 0) is 18.3 Å². The summed E-state index contributed by atoms with van der Waals surface area (Å²) in [4.78, 5) is 6.64. The predicted molar refractivity (Wildman–Crippen MR) is 126 cm³/mol. The van der Waals surface area contributed by atoms with Crippen molar-refractivity contribution in [2.75, 3.05) is 27.2 Å². The van der Waals surface area contributed by atoms with Crippen LogP contribution < -0.4 is 5.32 Å². The normalized spacial score (nSPS) is 19.8. The summed E-state index contributed by atoms with van der Waals surface area (Å²) in [6.45, 7) is 4.66. The minimum Gasteiger partial charge on any atom is -0.373 e. The number of aliphatic imine (C=N–C) groups is 1. The zero-order valence-corrected chi connectivity index (χ0v) is 19.7. The van der Waals surface area contributed by atoms with Gasteiger partial charge in [-0.3, -0.25) is 4.99 Å². The molecule has 2 atom stereocenters. The van der Waals surface area contributed by atoms with Gasteiger partial charge < -0.3 is 19.5 Å². The van der Waals surface area contributed by atoms with E-state index in [0.29, 0.717) is 5.92 Å². The molecule has 0 bridgehead atoms. The molecule has 1 saturated heterocycles. The summed E-state index contributed by atoms with van der Waals surface area (Å²) in [5.74, 6) is 1.37. The Morgan fingerprint density at radius 1 is 1.29 bits per heavy atom. The molecule has 0 radical (unpaired) electrons. The first-order valence-corrected chi connectivity index (χ1v) is 9.78. The molecule has 1 aliphatic heterocycles. The highest BCUT2D eigenvalue weighted by atomic mass is 127. The van der Waals surface area contributed by atoms with Gasteiger partial charge in [-0.2, -0.15) is 0 Å². The highest BCUT2D eigenvalue weighted by Crippen LogP contribution is 2.33. The van der Waals surface area contributed by atoms with Gasteiger partial charge in [-0.1, -0.05) is 29.8 Å². The van der Waals surface area contributed by atoms with E-state index in [1.54, 1.807) is 0 Å². The van der Waals surface area contributed by atoms with Gasteiger partial charge in [0.25, 0.3) is 0 Å². The van der Waals surface area contributed by atoms with Crippen molar-refractivity contribution >= 4 is 29.9 Å². The summed E-state index contributed by atoms with van der Waals surface area (Å²) in [7, 11) is 6.00. The van der Waals surface area contributed by atoms with Crippen molar-refractivity contribution in [3.63, 3.8) is 0 Å². The standard InChI is InChI=1S/C22H32N4O.HI/c1-17-9-11-18(12-10-17)21-19(7-6-14-27-21)15-24-22(23-2)26(4)16-20-8-5-13-25(20)3;/h5,8-13,19,21H,6-7,14-16H2,1-4H3,(H,23,24);1H. The summed E-state index contributed by atoms with van der Waals surface area (Å²) in [6.07, 6.45) is 4.52. The molecule has 28 heavy (non-hydrogen) atoms. The molecule has 1 aromatic heterocycles. The molecular formula is C22H33IN4O. The van der Waals surface area contributed by atoms with E-state index in [1.165, 1.54) is 23.2 Å². The minimum absolute atomic E-state index is 0. The molecule has 3 rings (SSSR count). The fourth-order valence-corrected chi connectivity index (χ4v) is 3.76. The lowest BCUT2D eigenvalue weighted by atomic mass is 9.89. The zero-order chi connectivity index (χ0) is 19.2. The Balaban J connectivity index is 0.00000280. The molecule has 2 aromatic rings. The van der Waals surface area contributed by atoms with E-state index in [4.69, 9.17) is 4.74 Å². The number of hydrogen-bond donors (Lipinski definition) is 1. The second-order valence-corrected chi connectivity index (χ2v) is 7.50. The third kappa shape index (κ3) is 5.73. The van der Waals surface area contributed by atoms with Gasteiger partial charge in [0, 0.05) is 52.1 Å².